The Hall–Kier alpha value is -3.08. The molecule has 5 nitrogen and oxygen atoms in total. The van der Waals surface area contributed by atoms with E-state index < -0.39 is 0 Å². The van der Waals surface area contributed by atoms with Crippen LogP contribution in [-0.4, -0.2) is 46.0 Å². The monoisotopic (exact) mass is 360 g/mol. The predicted molar refractivity (Wildman–Crippen MR) is 107 cm³/mol. The molecule has 1 aliphatic rings. The third-order valence-electron chi connectivity index (χ3n) is 5.26. The maximum absolute atomic E-state index is 13.0. The molecule has 1 atom stereocenters. The Morgan fingerprint density at radius 3 is 2.52 bits per heavy atom. The van der Waals surface area contributed by atoms with Gasteiger partial charge in [0.2, 0.25) is 0 Å². The lowest BCUT2D eigenvalue weighted by Gasteiger charge is -2.41. The molecule has 1 amide bonds. The molecule has 1 aromatic heterocycles. The molecule has 138 valence electrons. The molecule has 5 heteroatoms. The number of para-hydroxylation sites is 1. The van der Waals surface area contributed by atoms with Gasteiger partial charge in [-0.25, -0.2) is 4.98 Å². The Morgan fingerprint density at radius 2 is 1.85 bits per heavy atom. The number of aromatic nitrogens is 2. The quantitative estimate of drug-likeness (QED) is 0.717. The molecule has 1 aliphatic heterocycles. The Morgan fingerprint density at radius 1 is 1.07 bits per heavy atom. The average molecular weight is 360 g/mol. The molecule has 27 heavy (non-hydrogen) atoms. The number of carbonyl (C=O) groups is 1. The smallest absolute Gasteiger partial charge is 0.254 e. The lowest BCUT2D eigenvalue weighted by atomic mass is 10.1. The SMILES string of the molecule is Cc1ccccc1N1CCN(C(=O)c2ccc(-n3ccnc3)cc2)[C@H](C)C1. The molecule has 0 aliphatic carbocycles. The van der Waals surface area contributed by atoms with Crippen LogP contribution in [0.4, 0.5) is 5.69 Å². The zero-order valence-corrected chi connectivity index (χ0v) is 15.7. The summed E-state index contributed by atoms with van der Waals surface area (Å²) < 4.78 is 1.93. The summed E-state index contributed by atoms with van der Waals surface area (Å²) in [7, 11) is 0. The van der Waals surface area contributed by atoms with E-state index in [4.69, 9.17) is 0 Å². The molecule has 0 N–H and O–H groups in total. The topological polar surface area (TPSA) is 41.4 Å². The highest BCUT2D eigenvalue weighted by Crippen LogP contribution is 2.24. The van der Waals surface area contributed by atoms with Gasteiger partial charge in [-0.15, -0.1) is 0 Å². The fourth-order valence-corrected chi connectivity index (χ4v) is 3.75. The van der Waals surface area contributed by atoms with Crippen molar-refractivity contribution in [3.63, 3.8) is 0 Å². The number of carbonyl (C=O) groups excluding carboxylic acids is 1. The first kappa shape index (κ1) is 17.3. The van der Waals surface area contributed by atoms with Gasteiger partial charge in [-0.1, -0.05) is 18.2 Å². The average Bonchev–Trinajstić information content (AvgIpc) is 3.23. The second kappa shape index (κ2) is 7.27. The minimum absolute atomic E-state index is 0.101. The Kier molecular flexibility index (Phi) is 4.67. The van der Waals surface area contributed by atoms with E-state index in [2.05, 4.69) is 48.0 Å². The van der Waals surface area contributed by atoms with E-state index in [-0.39, 0.29) is 11.9 Å². The summed E-state index contributed by atoms with van der Waals surface area (Å²) in [6.07, 6.45) is 5.39. The van der Waals surface area contributed by atoms with Crippen LogP contribution < -0.4 is 4.90 Å². The van der Waals surface area contributed by atoms with Gasteiger partial charge in [0.25, 0.3) is 5.91 Å². The van der Waals surface area contributed by atoms with Crippen LogP contribution in [0.2, 0.25) is 0 Å². The molecular weight excluding hydrogens is 336 g/mol. The summed E-state index contributed by atoms with van der Waals surface area (Å²) in [4.78, 5) is 21.4. The summed E-state index contributed by atoms with van der Waals surface area (Å²) in [5.41, 5.74) is 4.28. The Bertz CT molecular complexity index is 918. The van der Waals surface area contributed by atoms with Crippen LogP contribution in [-0.2, 0) is 0 Å². The molecule has 2 aromatic carbocycles. The molecule has 0 spiro atoms. The highest BCUT2D eigenvalue weighted by atomic mass is 16.2. The predicted octanol–water partition coefficient (Wildman–Crippen LogP) is 3.53. The van der Waals surface area contributed by atoms with Crippen molar-refractivity contribution in [2.24, 2.45) is 0 Å². The molecular formula is C22H24N4O. The Labute approximate surface area is 159 Å². The lowest BCUT2D eigenvalue weighted by Crippen LogP contribution is -2.54. The van der Waals surface area contributed by atoms with Gasteiger partial charge in [0.05, 0.1) is 6.33 Å². The van der Waals surface area contributed by atoms with E-state index >= 15 is 0 Å². The molecule has 0 saturated carbocycles. The first-order valence-electron chi connectivity index (χ1n) is 9.33. The van der Waals surface area contributed by atoms with Crippen molar-refractivity contribution in [3.05, 3.63) is 78.4 Å². The maximum atomic E-state index is 13.0. The van der Waals surface area contributed by atoms with Gasteiger partial charge in [-0.05, 0) is 49.7 Å². The molecule has 3 aromatic rings. The summed E-state index contributed by atoms with van der Waals surface area (Å²) in [6.45, 7) is 6.71. The van der Waals surface area contributed by atoms with E-state index in [0.29, 0.717) is 0 Å². The normalized spacial score (nSPS) is 17.2. The molecule has 1 saturated heterocycles. The highest BCUT2D eigenvalue weighted by molar-refractivity contribution is 5.94. The summed E-state index contributed by atoms with van der Waals surface area (Å²) in [6, 6.07) is 16.3. The van der Waals surface area contributed by atoms with Gasteiger partial charge in [0.1, 0.15) is 0 Å². The molecule has 0 radical (unpaired) electrons. The molecule has 1 fully saturated rings. The van der Waals surface area contributed by atoms with Crippen molar-refractivity contribution in [3.8, 4) is 5.69 Å². The fraction of sp³-hybridized carbons (Fsp3) is 0.273. The number of piperazine rings is 1. The van der Waals surface area contributed by atoms with Crippen LogP contribution in [0.5, 0.6) is 0 Å². The summed E-state index contributed by atoms with van der Waals surface area (Å²) in [5, 5.41) is 0. The maximum Gasteiger partial charge on any atom is 0.254 e. The van der Waals surface area contributed by atoms with E-state index in [9.17, 15) is 4.79 Å². The van der Waals surface area contributed by atoms with E-state index in [1.165, 1.54) is 11.3 Å². The van der Waals surface area contributed by atoms with Gasteiger partial charge in [0.15, 0.2) is 0 Å². The number of nitrogens with zero attached hydrogens (tertiary/aromatic N) is 4. The highest BCUT2D eigenvalue weighted by Gasteiger charge is 2.28. The van der Waals surface area contributed by atoms with Crippen molar-refractivity contribution >= 4 is 11.6 Å². The number of anilines is 1. The fourth-order valence-electron chi connectivity index (χ4n) is 3.75. The van der Waals surface area contributed by atoms with Crippen LogP contribution >= 0.6 is 0 Å². The number of rotatable bonds is 3. The summed E-state index contributed by atoms with van der Waals surface area (Å²) in [5.74, 6) is 0.101. The largest absolute Gasteiger partial charge is 0.367 e. The van der Waals surface area contributed by atoms with Gasteiger partial charge >= 0.3 is 0 Å². The van der Waals surface area contributed by atoms with Crippen molar-refractivity contribution in [1.82, 2.24) is 14.5 Å². The number of hydrogen-bond acceptors (Lipinski definition) is 3. The first-order valence-corrected chi connectivity index (χ1v) is 9.33. The van der Waals surface area contributed by atoms with Crippen molar-refractivity contribution in [2.75, 3.05) is 24.5 Å². The first-order chi connectivity index (χ1) is 13.1. The number of aryl methyl sites for hydroxylation is 1. The zero-order chi connectivity index (χ0) is 18.8. The van der Waals surface area contributed by atoms with Crippen molar-refractivity contribution in [2.45, 2.75) is 19.9 Å². The van der Waals surface area contributed by atoms with Gasteiger partial charge in [-0.2, -0.15) is 0 Å². The van der Waals surface area contributed by atoms with Gasteiger partial charge < -0.3 is 14.4 Å². The Balaban J connectivity index is 1.46. The van der Waals surface area contributed by atoms with Crippen LogP contribution in [0.15, 0.2) is 67.3 Å². The second-order valence-electron chi connectivity index (χ2n) is 7.10. The van der Waals surface area contributed by atoms with E-state index in [1.807, 2.05) is 39.9 Å². The van der Waals surface area contributed by atoms with Crippen molar-refractivity contribution < 1.29 is 4.79 Å². The molecule has 0 unspecified atom stereocenters. The molecule has 2 heterocycles. The number of benzene rings is 2. The van der Waals surface area contributed by atoms with Crippen LogP contribution in [0.3, 0.4) is 0 Å². The minimum atomic E-state index is 0.101. The second-order valence-corrected chi connectivity index (χ2v) is 7.10. The number of imidazole rings is 1. The lowest BCUT2D eigenvalue weighted by molar-refractivity contribution is 0.0674. The third kappa shape index (κ3) is 3.45. The van der Waals surface area contributed by atoms with E-state index in [0.717, 1.165) is 30.9 Å². The zero-order valence-electron chi connectivity index (χ0n) is 15.7. The molecule has 4 rings (SSSR count). The van der Waals surface area contributed by atoms with Crippen LogP contribution in [0, 0.1) is 6.92 Å². The molecule has 0 bridgehead atoms. The number of amides is 1. The van der Waals surface area contributed by atoms with Crippen molar-refractivity contribution in [1.29, 1.82) is 0 Å². The minimum Gasteiger partial charge on any atom is -0.367 e. The number of hydrogen-bond donors (Lipinski definition) is 0. The van der Waals surface area contributed by atoms with E-state index in [1.54, 1.807) is 12.5 Å². The van der Waals surface area contributed by atoms with Gasteiger partial charge in [0, 0.05) is 55.0 Å². The van der Waals surface area contributed by atoms with Gasteiger partial charge in [-0.3, -0.25) is 4.79 Å². The van der Waals surface area contributed by atoms with Crippen LogP contribution in [0.1, 0.15) is 22.8 Å². The summed E-state index contributed by atoms with van der Waals surface area (Å²) >= 11 is 0. The standard InChI is InChI=1S/C22H24N4O/c1-17-5-3-4-6-21(17)24-13-14-26(18(2)15-24)22(27)19-7-9-20(10-8-19)25-12-11-23-16-25/h3-12,16,18H,13-15H2,1-2H3/t18-/m1/s1. The third-order valence-corrected chi connectivity index (χ3v) is 5.26. The van der Waals surface area contributed by atoms with Crippen LogP contribution in [0.25, 0.3) is 5.69 Å².